The van der Waals surface area contributed by atoms with Gasteiger partial charge in [-0.2, -0.15) is 4.57 Å². The number of aryl methyl sites for hydroxylation is 1. The first-order valence-corrected chi connectivity index (χ1v) is 9.43. The van der Waals surface area contributed by atoms with Gasteiger partial charge in [-0.1, -0.05) is 0 Å². The Kier molecular flexibility index (Phi) is 4.96. The third-order valence-electron chi connectivity index (χ3n) is 4.71. The third kappa shape index (κ3) is 3.43. The van der Waals surface area contributed by atoms with Crippen LogP contribution in [0.2, 0.25) is 0 Å². The molecule has 1 fully saturated rings. The smallest absolute Gasteiger partial charge is 0.375 e. The lowest BCUT2D eigenvalue weighted by Crippen LogP contribution is -2.33. The number of rotatable bonds is 4. The van der Waals surface area contributed by atoms with Crippen LogP contribution < -0.4 is 15.8 Å². The highest BCUT2D eigenvalue weighted by molar-refractivity contribution is 9.10. The van der Waals surface area contributed by atoms with Crippen molar-refractivity contribution in [2.24, 2.45) is 0 Å². The second-order valence-corrected chi connectivity index (χ2v) is 7.50. The lowest BCUT2D eigenvalue weighted by Gasteiger charge is -2.15. The zero-order valence-electron chi connectivity index (χ0n) is 14.9. The highest BCUT2D eigenvalue weighted by Gasteiger charge is 2.39. The molecule has 0 amide bonds. The van der Waals surface area contributed by atoms with Crippen LogP contribution in [0, 0.1) is 6.92 Å². The summed E-state index contributed by atoms with van der Waals surface area (Å²) in [6, 6.07) is 3.46. The van der Waals surface area contributed by atoms with E-state index in [1.807, 2.05) is 29.1 Å². The maximum absolute atomic E-state index is 12.2. The first-order valence-electron chi connectivity index (χ1n) is 8.63. The molecule has 10 nitrogen and oxygen atoms in total. The largest absolute Gasteiger partial charge is 0.394 e. The lowest BCUT2D eigenvalue weighted by molar-refractivity contribution is -0.600. The van der Waals surface area contributed by atoms with E-state index >= 15 is 0 Å². The second-order valence-electron chi connectivity index (χ2n) is 6.58. The van der Waals surface area contributed by atoms with Gasteiger partial charge in [0.1, 0.15) is 29.8 Å². The minimum atomic E-state index is -0.628. The molecule has 146 valence electrons. The van der Waals surface area contributed by atoms with Crippen molar-refractivity contribution in [1.29, 1.82) is 0 Å². The molecule has 2 unspecified atom stereocenters. The summed E-state index contributed by atoms with van der Waals surface area (Å²) < 4.78 is 11.5. The molecule has 3 atom stereocenters. The number of ether oxygens (including phenoxy) is 1. The van der Waals surface area contributed by atoms with E-state index in [1.165, 1.54) is 10.8 Å². The summed E-state index contributed by atoms with van der Waals surface area (Å²) in [7, 11) is 0. The molecule has 0 saturated carbocycles. The third-order valence-corrected chi connectivity index (χ3v) is 5.18. The van der Waals surface area contributed by atoms with Crippen LogP contribution in [0.3, 0.4) is 0 Å². The van der Waals surface area contributed by atoms with E-state index in [1.54, 1.807) is 17.8 Å². The highest BCUT2D eigenvalue weighted by atomic mass is 79.9. The number of aliphatic hydroxyl groups is 1. The van der Waals surface area contributed by atoms with Gasteiger partial charge in [-0.3, -0.25) is 14.3 Å². The Morgan fingerprint density at radius 3 is 3.00 bits per heavy atom. The summed E-state index contributed by atoms with van der Waals surface area (Å²) in [5, 5.41) is 18.1. The molecule has 0 radical (unpaired) electrons. The van der Waals surface area contributed by atoms with Crippen molar-refractivity contribution in [2.75, 3.05) is 6.61 Å². The van der Waals surface area contributed by atoms with Crippen LogP contribution in [0.1, 0.15) is 24.3 Å². The fraction of sp³-hybridized carbons (Fsp3) is 0.353. The van der Waals surface area contributed by atoms with Crippen molar-refractivity contribution in [1.82, 2.24) is 24.5 Å². The molecule has 1 aliphatic heterocycles. The van der Waals surface area contributed by atoms with Crippen LogP contribution >= 0.6 is 15.9 Å². The fourth-order valence-corrected chi connectivity index (χ4v) is 3.64. The van der Waals surface area contributed by atoms with Crippen molar-refractivity contribution >= 4 is 15.9 Å². The van der Waals surface area contributed by atoms with E-state index in [0.717, 1.165) is 4.47 Å². The number of hydrogen-bond acceptors (Lipinski definition) is 6. The number of aromatic amines is 1. The molecule has 0 aliphatic carbocycles. The van der Waals surface area contributed by atoms with Gasteiger partial charge in [-0.05, 0) is 35.0 Å². The van der Waals surface area contributed by atoms with Crippen molar-refractivity contribution < 1.29 is 14.4 Å². The molecule has 3 aromatic rings. The minimum absolute atomic E-state index is 0.239. The summed E-state index contributed by atoms with van der Waals surface area (Å²) in [5.74, 6) is 0.610. The monoisotopic (exact) mass is 449 g/mol. The fourth-order valence-electron chi connectivity index (χ4n) is 3.27. The predicted octanol–water partition coefficient (Wildman–Crippen LogP) is -0.00318. The van der Waals surface area contributed by atoms with Gasteiger partial charge in [0, 0.05) is 18.2 Å². The minimum Gasteiger partial charge on any atom is -0.394 e. The topological polar surface area (TPSA) is 119 Å². The van der Waals surface area contributed by atoms with Crippen LogP contribution in [0.25, 0.3) is 5.82 Å². The molecule has 28 heavy (non-hydrogen) atoms. The van der Waals surface area contributed by atoms with Gasteiger partial charge in [-0.25, -0.2) is 9.48 Å². The van der Waals surface area contributed by atoms with Crippen LogP contribution in [0.4, 0.5) is 0 Å². The van der Waals surface area contributed by atoms with E-state index in [-0.39, 0.29) is 12.6 Å². The summed E-state index contributed by atoms with van der Waals surface area (Å²) in [6.07, 6.45) is 6.12. The Bertz CT molecular complexity index is 1120. The van der Waals surface area contributed by atoms with E-state index in [0.29, 0.717) is 17.8 Å². The Morgan fingerprint density at radius 1 is 1.43 bits per heavy atom. The number of pyridine rings is 1. The van der Waals surface area contributed by atoms with Crippen LogP contribution in [0.5, 0.6) is 0 Å². The summed E-state index contributed by atoms with van der Waals surface area (Å²) >= 11 is 3.42. The molecule has 0 spiro atoms. The van der Waals surface area contributed by atoms with Gasteiger partial charge in [0.2, 0.25) is 0 Å². The number of nitrogens with one attached hydrogen (secondary N) is 1. The van der Waals surface area contributed by atoms with Crippen molar-refractivity contribution in [3.8, 4) is 5.82 Å². The predicted molar refractivity (Wildman–Crippen MR) is 100.0 cm³/mol. The van der Waals surface area contributed by atoms with E-state index in [4.69, 9.17) is 4.74 Å². The second kappa shape index (κ2) is 7.41. The SMILES string of the molecule is Cc1cn(C2C[C@H](n3cc(-[n+]4cccc(Br)c4)nn3)C(CO)O2)c(=O)[nH]c1=O. The molecule has 1 saturated heterocycles. The van der Waals surface area contributed by atoms with Crippen LogP contribution in [-0.2, 0) is 4.74 Å². The van der Waals surface area contributed by atoms with E-state index < -0.39 is 23.6 Å². The van der Waals surface area contributed by atoms with Crippen LogP contribution in [-0.4, -0.2) is 42.4 Å². The zero-order valence-corrected chi connectivity index (χ0v) is 16.5. The van der Waals surface area contributed by atoms with Crippen molar-refractivity contribution in [3.63, 3.8) is 0 Å². The van der Waals surface area contributed by atoms with Crippen LogP contribution in [0.15, 0.2) is 51.0 Å². The Hall–Kier alpha value is -2.63. The van der Waals surface area contributed by atoms with E-state index in [9.17, 15) is 14.7 Å². The molecule has 4 rings (SSSR count). The normalized spacial score (nSPS) is 21.9. The zero-order chi connectivity index (χ0) is 19.8. The molecule has 3 aromatic heterocycles. The van der Waals surface area contributed by atoms with Gasteiger partial charge in [0.25, 0.3) is 5.56 Å². The molecule has 1 aliphatic rings. The molecule has 2 N–H and O–H groups in total. The number of halogens is 1. The Balaban J connectivity index is 1.63. The quantitative estimate of drug-likeness (QED) is 0.541. The molecule has 4 heterocycles. The number of aromatic nitrogens is 6. The van der Waals surface area contributed by atoms with Gasteiger partial charge < -0.3 is 9.84 Å². The lowest BCUT2D eigenvalue weighted by atomic mass is 10.1. The molecule has 0 aromatic carbocycles. The standard InChI is InChI=1S/C17H17BrN6O4/c1-10-6-23(17(27)19-16(10)26)15-5-12(13(9-25)28-15)24-8-14(20-21-24)22-4-2-3-11(18)7-22/h2-4,6-8,12-13,15,25H,5,9H2,1H3/p+1/t12-,13?,15?/m0/s1. The number of H-pyrrole nitrogens is 1. The number of nitrogens with zero attached hydrogens (tertiary/aromatic N) is 5. The maximum atomic E-state index is 12.2. The first-order chi connectivity index (χ1) is 13.5. The number of aliphatic hydroxyl groups excluding tert-OH is 1. The molecular formula is C17H18BrN6O4+. The van der Waals surface area contributed by atoms with Gasteiger partial charge in [0.05, 0.1) is 28.5 Å². The first kappa shape index (κ1) is 18.7. The summed E-state index contributed by atoms with van der Waals surface area (Å²) in [4.78, 5) is 26.0. The average Bonchev–Trinajstić information content (AvgIpc) is 3.31. The Morgan fingerprint density at radius 2 is 2.25 bits per heavy atom. The summed E-state index contributed by atoms with van der Waals surface area (Å²) in [6.45, 7) is 1.38. The highest BCUT2D eigenvalue weighted by Crippen LogP contribution is 2.35. The van der Waals surface area contributed by atoms with Gasteiger partial charge in [-0.15, -0.1) is 0 Å². The summed E-state index contributed by atoms with van der Waals surface area (Å²) in [5.41, 5.74) is -0.579. The molecule has 0 bridgehead atoms. The average molecular weight is 450 g/mol. The van der Waals surface area contributed by atoms with Gasteiger partial charge >= 0.3 is 11.5 Å². The van der Waals surface area contributed by atoms with Gasteiger partial charge in [0.15, 0.2) is 0 Å². The van der Waals surface area contributed by atoms with E-state index in [2.05, 4.69) is 31.2 Å². The number of hydrogen-bond donors (Lipinski definition) is 2. The molecular weight excluding hydrogens is 432 g/mol. The Labute approximate surface area is 167 Å². The molecule has 11 heteroatoms. The van der Waals surface area contributed by atoms with Crippen molar-refractivity contribution in [2.45, 2.75) is 31.7 Å². The van der Waals surface area contributed by atoms with Crippen molar-refractivity contribution in [3.05, 3.63) is 67.8 Å². The maximum Gasteiger partial charge on any atom is 0.375 e.